The predicted octanol–water partition coefficient (Wildman–Crippen LogP) is 2.41. The molecule has 18 heavy (non-hydrogen) atoms. The summed E-state index contributed by atoms with van der Waals surface area (Å²) in [5, 5.41) is 5.81. The van der Waals surface area contributed by atoms with E-state index in [1.165, 1.54) is 0 Å². The summed E-state index contributed by atoms with van der Waals surface area (Å²) in [5.41, 5.74) is 0.763. The summed E-state index contributed by atoms with van der Waals surface area (Å²) in [6.07, 6.45) is 1.13. The Kier molecular flexibility index (Phi) is 6.22. The van der Waals surface area contributed by atoms with Crippen LogP contribution in [0.25, 0.3) is 0 Å². The van der Waals surface area contributed by atoms with Crippen molar-refractivity contribution in [2.24, 2.45) is 0 Å². The molecule has 2 N–H and O–H groups in total. The summed E-state index contributed by atoms with van der Waals surface area (Å²) in [7, 11) is 0. The van der Waals surface area contributed by atoms with Gasteiger partial charge in [-0.15, -0.1) is 0 Å². The maximum Gasteiger partial charge on any atom is 0.238 e. The minimum atomic E-state index is -0.0439. The van der Waals surface area contributed by atoms with Crippen molar-refractivity contribution in [1.29, 1.82) is 0 Å². The lowest BCUT2D eigenvalue weighted by molar-refractivity contribution is -0.115. The van der Waals surface area contributed by atoms with E-state index in [9.17, 15) is 4.79 Å². The van der Waals surface area contributed by atoms with E-state index in [0.717, 1.165) is 24.4 Å². The molecular weight excluding hydrogens is 228 g/mol. The number of nitrogens with one attached hydrogen (secondary N) is 2. The number of hydrogen-bond acceptors (Lipinski definition) is 3. The second-order valence-electron chi connectivity index (χ2n) is 4.19. The van der Waals surface area contributed by atoms with Crippen LogP contribution in [0.15, 0.2) is 24.3 Å². The maximum atomic E-state index is 11.5. The number of benzene rings is 1. The number of carbonyl (C=O) groups excluding carboxylic acids is 1. The van der Waals surface area contributed by atoms with Crippen molar-refractivity contribution >= 4 is 11.6 Å². The van der Waals surface area contributed by atoms with Crippen LogP contribution in [0, 0.1) is 0 Å². The van der Waals surface area contributed by atoms with Gasteiger partial charge in [0.2, 0.25) is 5.91 Å². The van der Waals surface area contributed by atoms with Gasteiger partial charge in [-0.05, 0) is 32.0 Å². The molecule has 0 heterocycles. The van der Waals surface area contributed by atoms with Crippen LogP contribution in [0.3, 0.4) is 0 Å². The summed E-state index contributed by atoms with van der Waals surface area (Å²) in [6, 6.07) is 7.47. The number of likely N-dealkylation sites (N-methyl/N-ethyl adjacent to an activating group) is 1. The van der Waals surface area contributed by atoms with Gasteiger partial charge < -0.3 is 15.4 Å². The maximum absolute atomic E-state index is 11.5. The standard InChI is InChI=1S/C14H22N2O2/c1-4-11(3)18-13-8-6-7-12(9-13)16-14(17)10-15-5-2/h6-9,11,15H,4-5,10H2,1-3H3,(H,16,17). The molecule has 1 rings (SSSR count). The monoisotopic (exact) mass is 250 g/mol. The van der Waals surface area contributed by atoms with E-state index in [-0.39, 0.29) is 12.0 Å². The average Bonchev–Trinajstić information content (AvgIpc) is 2.36. The quantitative estimate of drug-likeness (QED) is 0.781. The molecule has 0 bridgehead atoms. The van der Waals surface area contributed by atoms with E-state index < -0.39 is 0 Å². The Balaban J connectivity index is 2.56. The largest absolute Gasteiger partial charge is 0.491 e. The van der Waals surface area contributed by atoms with Crippen LogP contribution in [0.4, 0.5) is 5.69 Å². The Morgan fingerprint density at radius 2 is 2.17 bits per heavy atom. The zero-order valence-electron chi connectivity index (χ0n) is 11.3. The molecule has 0 saturated heterocycles. The molecule has 1 amide bonds. The minimum Gasteiger partial charge on any atom is -0.491 e. The molecule has 0 fully saturated rings. The van der Waals surface area contributed by atoms with Crippen LogP contribution in [-0.4, -0.2) is 25.1 Å². The molecule has 1 aromatic carbocycles. The Morgan fingerprint density at radius 1 is 1.39 bits per heavy atom. The van der Waals surface area contributed by atoms with Crippen LogP contribution in [0.2, 0.25) is 0 Å². The van der Waals surface area contributed by atoms with Crippen LogP contribution in [-0.2, 0) is 4.79 Å². The second kappa shape index (κ2) is 7.71. The van der Waals surface area contributed by atoms with Gasteiger partial charge in [0.1, 0.15) is 5.75 Å². The molecule has 0 saturated carbocycles. The molecule has 0 radical (unpaired) electrons. The lowest BCUT2D eigenvalue weighted by Crippen LogP contribution is -2.27. The third kappa shape index (κ3) is 5.19. The van der Waals surface area contributed by atoms with Crippen molar-refractivity contribution in [3.8, 4) is 5.75 Å². The zero-order chi connectivity index (χ0) is 13.4. The third-order valence-corrected chi connectivity index (χ3v) is 2.57. The van der Waals surface area contributed by atoms with Gasteiger partial charge >= 0.3 is 0 Å². The highest BCUT2D eigenvalue weighted by Gasteiger charge is 2.04. The number of hydrogen-bond donors (Lipinski definition) is 2. The lowest BCUT2D eigenvalue weighted by Gasteiger charge is -2.13. The van der Waals surface area contributed by atoms with Crippen LogP contribution in [0.1, 0.15) is 27.2 Å². The second-order valence-corrected chi connectivity index (χ2v) is 4.19. The molecule has 4 heteroatoms. The fourth-order valence-corrected chi connectivity index (χ4v) is 1.41. The van der Waals surface area contributed by atoms with E-state index in [2.05, 4.69) is 17.6 Å². The first-order valence-electron chi connectivity index (χ1n) is 6.43. The first-order valence-corrected chi connectivity index (χ1v) is 6.43. The molecule has 4 nitrogen and oxygen atoms in total. The Labute approximate surface area is 109 Å². The van der Waals surface area contributed by atoms with Gasteiger partial charge in [-0.25, -0.2) is 0 Å². The van der Waals surface area contributed by atoms with Crippen molar-refractivity contribution in [3.05, 3.63) is 24.3 Å². The summed E-state index contributed by atoms with van der Waals surface area (Å²) < 4.78 is 5.70. The average molecular weight is 250 g/mol. The molecule has 1 atom stereocenters. The van der Waals surface area contributed by atoms with Gasteiger partial charge in [0.05, 0.1) is 12.6 Å². The molecular formula is C14H22N2O2. The van der Waals surface area contributed by atoms with E-state index in [4.69, 9.17) is 4.74 Å². The summed E-state index contributed by atoms with van der Waals surface area (Å²) in [5.74, 6) is 0.739. The van der Waals surface area contributed by atoms with Crippen LogP contribution >= 0.6 is 0 Å². The third-order valence-electron chi connectivity index (χ3n) is 2.57. The SMILES string of the molecule is CCNCC(=O)Nc1cccc(OC(C)CC)c1. The van der Waals surface area contributed by atoms with Crippen LogP contribution in [0.5, 0.6) is 5.75 Å². The molecule has 0 aliphatic heterocycles. The highest BCUT2D eigenvalue weighted by molar-refractivity contribution is 5.92. The lowest BCUT2D eigenvalue weighted by atomic mass is 10.2. The van der Waals surface area contributed by atoms with Gasteiger partial charge in [-0.2, -0.15) is 0 Å². The number of amides is 1. The molecule has 0 spiro atoms. The molecule has 0 aliphatic rings. The summed E-state index contributed by atoms with van der Waals surface area (Å²) in [4.78, 5) is 11.5. The van der Waals surface area contributed by atoms with Crippen LogP contribution < -0.4 is 15.4 Å². The molecule has 0 aliphatic carbocycles. The van der Waals surface area contributed by atoms with Crippen molar-refractivity contribution < 1.29 is 9.53 Å². The van der Waals surface area contributed by atoms with Gasteiger partial charge in [0, 0.05) is 11.8 Å². The number of ether oxygens (including phenoxy) is 1. The molecule has 0 aromatic heterocycles. The van der Waals surface area contributed by atoms with E-state index >= 15 is 0 Å². The zero-order valence-corrected chi connectivity index (χ0v) is 11.3. The Hall–Kier alpha value is -1.55. The highest BCUT2D eigenvalue weighted by atomic mass is 16.5. The first-order chi connectivity index (χ1) is 8.65. The Morgan fingerprint density at radius 3 is 2.83 bits per heavy atom. The number of rotatable bonds is 7. The van der Waals surface area contributed by atoms with Crippen molar-refractivity contribution in [2.45, 2.75) is 33.3 Å². The van der Waals surface area contributed by atoms with Gasteiger partial charge in [0.25, 0.3) is 0 Å². The van der Waals surface area contributed by atoms with Crippen molar-refractivity contribution in [1.82, 2.24) is 5.32 Å². The van der Waals surface area contributed by atoms with E-state index in [0.29, 0.717) is 6.54 Å². The van der Waals surface area contributed by atoms with Gasteiger partial charge in [0.15, 0.2) is 0 Å². The number of anilines is 1. The fourth-order valence-electron chi connectivity index (χ4n) is 1.41. The van der Waals surface area contributed by atoms with Crippen molar-refractivity contribution in [3.63, 3.8) is 0 Å². The normalized spacial score (nSPS) is 11.9. The smallest absolute Gasteiger partial charge is 0.238 e. The molecule has 100 valence electrons. The number of carbonyl (C=O) groups is 1. The van der Waals surface area contributed by atoms with Gasteiger partial charge in [-0.3, -0.25) is 4.79 Å². The van der Waals surface area contributed by atoms with Crippen molar-refractivity contribution in [2.75, 3.05) is 18.4 Å². The van der Waals surface area contributed by atoms with E-state index in [1.807, 2.05) is 38.1 Å². The minimum absolute atomic E-state index is 0.0439. The predicted molar refractivity (Wildman–Crippen MR) is 74.0 cm³/mol. The molecule has 1 aromatic rings. The summed E-state index contributed by atoms with van der Waals surface area (Å²) >= 11 is 0. The van der Waals surface area contributed by atoms with E-state index in [1.54, 1.807) is 0 Å². The fraction of sp³-hybridized carbons (Fsp3) is 0.500. The Bertz CT molecular complexity index is 380. The first kappa shape index (κ1) is 14.5. The molecule has 1 unspecified atom stereocenters. The highest BCUT2D eigenvalue weighted by Crippen LogP contribution is 2.19. The van der Waals surface area contributed by atoms with Gasteiger partial charge in [-0.1, -0.05) is 19.9 Å². The topological polar surface area (TPSA) is 50.4 Å². The summed E-state index contributed by atoms with van der Waals surface area (Å²) in [6.45, 7) is 7.18.